The van der Waals surface area contributed by atoms with Gasteiger partial charge in [-0.2, -0.15) is 0 Å². The molecule has 172 valence electrons. The van der Waals surface area contributed by atoms with Gasteiger partial charge in [0.15, 0.2) is 0 Å². The zero-order chi connectivity index (χ0) is 23.2. The molecule has 34 heavy (non-hydrogen) atoms. The minimum Gasteiger partial charge on any atom is -0.373 e. The lowest BCUT2D eigenvalue weighted by atomic mass is 9.93. The highest BCUT2D eigenvalue weighted by molar-refractivity contribution is 5.79. The van der Waals surface area contributed by atoms with Crippen molar-refractivity contribution in [1.82, 2.24) is 20.3 Å². The lowest BCUT2D eigenvalue weighted by Gasteiger charge is -2.23. The first-order valence-corrected chi connectivity index (χ1v) is 11.7. The summed E-state index contributed by atoms with van der Waals surface area (Å²) in [7, 11) is 0. The van der Waals surface area contributed by atoms with Gasteiger partial charge in [0, 0.05) is 12.5 Å². The Kier molecular flexibility index (Phi) is 6.77. The number of hydrogen-bond donors (Lipinski definition) is 1. The Morgan fingerprint density at radius 3 is 2.38 bits per heavy atom. The fraction of sp³-hybridized carbons (Fsp3) is 0.250. The first-order valence-electron chi connectivity index (χ1n) is 11.7. The summed E-state index contributed by atoms with van der Waals surface area (Å²) in [6, 6.07) is 28.6. The Bertz CT molecular complexity index is 1210. The highest BCUT2D eigenvalue weighted by Gasteiger charge is 2.25. The highest BCUT2D eigenvalue weighted by Crippen LogP contribution is 2.23. The van der Waals surface area contributed by atoms with E-state index < -0.39 is 0 Å². The van der Waals surface area contributed by atoms with Crippen LogP contribution in [0, 0.1) is 5.92 Å². The molecule has 0 unspecified atom stereocenters. The summed E-state index contributed by atoms with van der Waals surface area (Å²) in [6.45, 7) is 1.42. The van der Waals surface area contributed by atoms with E-state index in [2.05, 4.69) is 52.0 Å². The van der Waals surface area contributed by atoms with Gasteiger partial charge in [-0.15, -0.1) is 5.10 Å². The number of carbonyl (C=O) groups excluding carboxylic acids is 1. The Morgan fingerprint density at radius 1 is 0.912 bits per heavy atom. The molecule has 6 heteroatoms. The minimum absolute atomic E-state index is 0.0353. The van der Waals surface area contributed by atoms with Gasteiger partial charge in [0.2, 0.25) is 5.91 Å². The van der Waals surface area contributed by atoms with E-state index in [0.29, 0.717) is 32.6 Å². The van der Waals surface area contributed by atoms with E-state index in [1.807, 2.05) is 53.2 Å². The molecule has 0 saturated heterocycles. The van der Waals surface area contributed by atoms with E-state index in [-0.39, 0.29) is 17.9 Å². The quantitative estimate of drug-likeness (QED) is 0.492. The normalized spacial score (nSPS) is 19.0. The average Bonchev–Trinajstić information content (AvgIpc) is 3.33. The standard InChI is InChI=1S/C28H28N4O2/c33-28-25(17-21-11-13-23(14-12-21)22-7-3-1-4-8-22)15-16-32-26(18-29-31-32)19-34-20-27(30-28)24-9-5-2-6-10-24/h1-14,18,25,27H,15-17,19-20H2,(H,30,33)/t25-,27-/m0/s1. The van der Waals surface area contributed by atoms with Crippen molar-refractivity contribution < 1.29 is 9.53 Å². The molecule has 3 aromatic carbocycles. The summed E-state index contributed by atoms with van der Waals surface area (Å²) in [4.78, 5) is 13.5. The second kappa shape index (κ2) is 10.4. The maximum absolute atomic E-state index is 13.5. The lowest BCUT2D eigenvalue weighted by Crippen LogP contribution is -2.37. The van der Waals surface area contributed by atoms with Crippen molar-refractivity contribution >= 4 is 5.91 Å². The van der Waals surface area contributed by atoms with Crippen LogP contribution in [0.25, 0.3) is 11.1 Å². The maximum atomic E-state index is 13.5. The smallest absolute Gasteiger partial charge is 0.224 e. The molecule has 1 N–H and O–H groups in total. The number of nitrogens with one attached hydrogen (secondary N) is 1. The number of hydrogen-bond acceptors (Lipinski definition) is 4. The molecule has 1 aromatic heterocycles. The largest absolute Gasteiger partial charge is 0.373 e. The number of nitrogens with zero attached hydrogens (tertiary/aromatic N) is 3. The molecule has 0 bridgehead atoms. The number of benzene rings is 3. The number of carbonyl (C=O) groups is 1. The van der Waals surface area contributed by atoms with E-state index in [4.69, 9.17) is 4.74 Å². The molecule has 5 rings (SSSR count). The Balaban J connectivity index is 1.37. The molecule has 1 aliphatic rings. The predicted octanol–water partition coefficient (Wildman–Crippen LogP) is 4.58. The van der Waals surface area contributed by atoms with Crippen molar-refractivity contribution in [3.8, 4) is 11.1 Å². The Hall–Kier alpha value is -3.77. The zero-order valence-corrected chi connectivity index (χ0v) is 19.0. The van der Waals surface area contributed by atoms with Crippen LogP contribution in [-0.2, 0) is 29.1 Å². The van der Waals surface area contributed by atoms with Gasteiger partial charge in [-0.05, 0) is 35.1 Å². The van der Waals surface area contributed by atoms with Crippen LogP contribution in [0.5, 0.6) is 0 Å². The van der Waals surface area contributed by atoms with Crippen LogP contribution in [0.15, 0.2) is 91.1 Å². The third-order valence-electron chi connectivity index (χ3n) is 6.35. The van der Waals surface area contributed by atoms with Crippen molar-refractivity contribution in [3.05, 3.63) is 108 Å². The monoisotopic (exact) mass is 452 g/mol. The average molecular weight is 453 g/mol. The molecule has 4 aromatic rings. The molecular weight excluding hydrogens is 424 g/mol. The molecule has 0 radical (unpaired) electrons. The SMILES string of the molecule is O=C1N[C@H](c2ccccc2)COCc2cnnn2CC[C@H]1Cc1ccc(-c2ccccc2)cc1. The summed E-state index contributed by atoms with van der Waals surface area (Å²) >= 11 is 0. The molecule has 0 spiro atoms. The Labute approximate surface area is 199 Å². The molecule has 1 aliphatic heterocycles. The van der Waals surface area contributed by atoms with Gasteiger partial charge < -0.3 is 10.1 Å². The lowest BCUT2D eigenvalue weighted by molar-refractivity contribution is -0.126. The Morgan fingerprint density at radius 2 is 1.62 bits per heavy atom. The summed E-state index contributed by atoms with van der Waals surface area (Å²) in [5, 5.41) is 11.5. The molecule has 2 atom stereocenters. The van der Waals surface area contributed by atoms with E-state index in [1.54, 1.807) is 6.20 Å². The topological polar surface area (TPSA) is 69.0 Å². The van der Waals surface area contributed by atoms with Crippen molar-refractivity contribution in [3.63, 3.8) is 0 Å². The molecule has 0 saturated carbocycles. The van der Waals surface area contributed by atoms with Crippen molar-refractivity contribution in [1.29, 1.82) is 0 Å². The van der Waals surface area contributed by atoms with Crippen molar-refractivity contribution in [2.75, 3.05) is 6.61 Å². The first-order chi connectivity index (χ1) is 16.8. The van der Waals surface area contributed by atoms with E-state index in [1.165, 1.54) is 11.1 Å². The van der Waals surface area contributed by atoms with Gasteiger partial charge in [0.05, 0.1) is 31.1 Å². The molecule has 0 fully saturated rings. The van der Waals surface area contributed by atoms with Crippen LogP contribution in [0.2, 0.25) is 0 Å². The summed E-state index contributed by atoms with van der Waals surface area (Å²) in [6.07, 6.45) is 3.07. The summed E-state index contributed by atoms with van der Waals surface area (Å²) in [5.41, 5.74) is 5.46. The van der Waals surface area contributed by atoms with Gasteiger partial charge >= 0.3 is 0 Å². The van der Waals surface area contributed by atoms with E-state index in [9.17, 15) is 4.79 Å². The third-order valence-corrected chi connectivity index (χ3v) is 6.35. The van der Waals surface area contributed by atoms with Gasteiger partial charge in [0.1, 0.15) is 0 Å². The van der Waals surface area contributed by atoms with Crippen LogP contribution in [0.4, 0.5) is 0 Å². The fourth-order valence-electron chi connectivity index (χ4n) is 4.41. The van der Waals surface area contributed by atoms with Crippen LogP contribution in [-0.4, -0.2) is 27.5 Å². The maximum Gasteiger partial charge on any atom is 0.224 e. The van der Waals surface area contributed by atoms with Gasteiger partial charge in [-0.1, -0.05) is 90.1 Å². The zero-order valence-electron chi connectivity index (χ0n) is 19.0. The van der Waals surface area contributed by atoms with E-state index >= 15 is 0 Å². The number of fused-ring (bicyclic) bond motifs is 1. The van der Waals surface area contributed by atoms with Crippen molar-refractivity contribution in [2.24, 2.45) is 5.92 Å². The van der Waals surface area contributed by atoms with Gasteiger partial charge in [-0.3, -0.25) is 4.79 Å². The number of ether oxygens (including phenoxy) is 1. The predicted molar refractivity (Wildman–Crippen MR) is 131 cm³/mol. The van der Waals surface area contributed by atoms with Gasteiger partial charge in [0.25, 0.3) is 0 Å². The highest BCUT2D eigenvalue weighted by atomic mass is 16.5. The van der Waals surface area contributed by atoms with E-state index in [0.717, 1.165) is 16.8 Å². The van der Waals surface area contributed by atoms with Crippen LogP contribution < -0.4 is 5.32 Å². The first kappa shape index (κ1) is 22.0. The van der Waals surface area contributed by atoms with Crippen LogP contribution >= 0.6 is 0 Å². The van der Waals surface area contributed by atoms with Crippen molar-refractivity contribution in [2.45, 2.75) is 32.0 Å². The summed E-state index contributed by atoms with van der Waals surface area (Å²) in [5.74, 6) is -0.155. The molecule has 1 amide bonds. The van der Waals surface area contributed by atoms with Crippen LogP contribution in [0.3, 0.4) is 0 Å². The minimum atomic E-state index is -0.209. The molecule has 0 aliphatic carbocycles. The number of aryl methyl sites for hydroxylation is 1. The second-order valence-electron chi connectivity index (χ2n) is 8.69. The molecular formula is C28H28N4O2. The van der Waals surface area contributed by atoms with Crippen LogP contribution in [0.1, 0.15) is 29.3 Å². The second-order valence-corrected chi connectivity index (χ2v) is 8.69. The molecule has 2 heterocycles. The number of aromatic nitrogens is 3. The fourth-order valence-corrected chi connectivity index (χ4v) is 4.41. The third kappa shape index (κ3) is 5.24. The molecule has 6 nitrogen and oxygen atoms in total. The summed E-state index contributed by atoms with van der Waals surface area (Å²) < 4.78 is 7.81. The number of amides is 1. The number of rotatable bonds is 4. The van der Waals surface area contributed by atoms with Gasteiger partial charge in [-0.25, -0.2) is 4.68 Å².